The number of nitrogens with zero attached hydrogens (tertiary/aromatic N) is 3. The molecule has 0 N–H and O–H groups in total. The summed E-state index contributed by atoms with van der Waals surface area (Å²) in [7, 11) is 2.12. The summed E-state index contributed by atoms with van der Waals surface area (Å²) in [5.41, 5.74) is 1.08. The van der Waals surface area contributed by atoms with E-state index in [1.165, 1.54) is 0 Å². The topological polar surface area (TPSA) is 30.3 Å². The zero-order valence-corrected chi connectivity index (χ0v) is 11.5. The molecule has 1 aliphatic heterocycles. The van der Waals surface area contributed by atoms with Crippen molar-refractivity contribution in [1.82, 2.24) is 9.80 Å². The molecular formula is C13H16BrN3. The van der Waals surface area contributed by atoms with Crippen LogP contribution in [0.1, 0.15) is 11.6 Å². The lowest BCUT2D eigenvalue weighted by Crippen LogP contribution is -2.45. The van der Waals surface area contributed by atoms with Crippen LogP contribution in [0.2, 0.25) is 0 Å². The van der Waals surface area contributed by atoms with Crippen molar-refractivity contribution in [2.45, 2.75) is 6.04 Å². The van der Waals surface area contributed by atoms with Gasteiger partial charge in [-0.25, -0.2) is 0 Å². The summed E-state index contributed by atoms with van der Waals surface area (Å²) < 4.78 is 1.03. The first-order valence-electron chi connectivity index (χ1n) is 5.78. The molecule has 0 bridgehead atoms. The van der Waals surface area contributed by atoms with E-state index in [0.717, 1.165) is 36.2 Å². The Labute approximate surface area is 111 Å². The Bertz CT molecular complexity index is 419. The summed E-state index contributed by atoms with van der Waals surface area (Å²) in [5, 5.41) is 9.37. The fourth-order valence-corrected chi connectivity index (χ4v) is 2.54. The second kappa shape index (κ2) is 5.63. The van der Waals surface area contributed by atoms with Crippen molar-refractivity contribution in [2.24, 2.45) is 0 Å². The van der Waals surface area contributed by atoms with Gasteiger partial charge in [-0.2, -0.15) is 5.26 Å². The standard InChI is InChI=1S/C13H16BrN3/c1-16-5-7-17(8-6-16)13(10-15)11-3-2-4-12(14)9-11/h2-4,9,13H,5-8H2,1H3. The van der Waals surface area contributed by atoms with Gasteiger partial charge in [0.2, 0.25) is 0 Å². The Morgan fingerprint density at radius 1 is 1.29 bits per heavy atom. The lowest BCUT2D eigenvalue weighted by Gasteiger charge is -2.35. The molecule has 4 heteroatoms. The second-order valence-corrected chi connectivity index (χ2v) is 5.34. The third-order valence-electron chi connectivity index (χ3n) is 3.19. The predicted octanol–water partition coefficient (Wildman–Crippen LogP) is 2.26. The van der Waals surface area contributed by atoms with Crippen LogP contribution in [0.4, 0.5) is 0 Å². The molecule has 0 saturated carbocycles. The molecule has 0 radical (unpaired) electrons. The SMILES string of the molecule is CN1CCN(C(C#N)c2cccc(Br)c2)CC1. The van der Waals surface area contributed by atoms with E-state index >= 15 is 0 Å². The summed E-state index contributed by atoms with van der Waals surface area (Å²) in [6.45, 7) is 3.99. The smallest absolute Gasteiger partial charge is 0.123 e. The Kier molecular flexibility index (Phi) is 4.16. The molecule has 0 aromatic heterocycles. The van der Waals surface area contributed by atoms with Crippen molar-refractivity contribution >= 4 is 15.9 Å². The maximum atomic E-state index is 9.37. The van der Waals surface area contributed by atoms with Crippen LogP contribution in [0.5, 0.6) is 0 Å². The number of nitriles is 1. The lowest BCUT2D eigenvalue weighted by atomic mass is 10.1. The molecule has 0 amide bonds. The van der Waals surface area contributed by atoms with Crippen molar-refractivity contribution in [3.63, 3.8) is 0 Å². The molecule has 1 aromatic carbocycles. The highest BCUT2D eigenvalue weighted by Crippen LogP contribution is 2.23. The van der Waals surface area contributed by atoms with E-state index in [1.807, 2.05) is 24.3 Å². The molecule has 1 aliphatic rings. The summed E-state index contributed by atoms with van der Waals surface area (Å²) in [4.78, 5) is 4.55. The minimum Gasteiger partial charge on any atom is -0.304 e. The highest BCUT2D eigenvalue weighted by Gasteiger charge is 2.23. The van der Waals surface area contributed by atoms with Gasteiger partial charge in [-0.05, 0) is 24.7 Å². The maximum absolute atomic E-state index is 9.37. The van der Waals surface area contributed by atoms with Gasteiger partial charge in [-0.3, -0.25) is 4.90 Å². The van der Waals surface area contributed by atoms with Gasteiger partial charge >= 0.3 is 0 Å². The van der Waals surface area contributed by atoms with Crippen molar-refractivity contribution < 1.29 is 0 Å². The summed E-state index contributed by atoms with van der Waals surface area (Å²) in [6, 6.07) is 10.3. The van der Waals surface area contributed by atoms with Crippen LogP contribution in [0.15, 0.2) is 28.7 Å². The average Bonchev–Trinajstić information content (AvgIpc) is 2.33. The number of hydrogen-bond acceptors (Lipinski definition) is 3. The highest BCUT2D eigenvalue weighted by atomic mass is 79.9. The van der Waals surface area contributed by atoms with Gasteiger partial charge in [0.15, 0.2) is 0 Å². The zero-order valence-electron chi connectivity index (χ0n) is 9.93. The minimum absolute atomic E-state index is 0.124. The predicted molar refractivity (Wildman–Crippen MR) is 71.6 cm³/mol. The molecule has 0 aliphatic carbocycles. The van der Waals surface area contributed by atoms with Crippen molar-refractivity contribution in [3.05, 3.63) is 34.3 Å². The fourth-order valence-electron chi connectivity index (χ4n) is 2.12. The first-order valence-corrected chi connectivity index (χ1v) is 6.57. The van der Waals surface area contributed by atoms with Gasteiger partial charge in [-0.15, -0.1) is 0 Å². The molecule has 2 rings (SSSR count). The van der Waals surface area contributed by atoms with E-state index < -0.39 is 0 Å². The van der Waals surface area contributed by atoms with Crippen molar-refractivity contribution in [1.29, 1.82) is 5.26 Å². The number of likely N-dealkylation sites (N-methyl/N-ethyl adjacent to an activating group) is 1. The number of benzene rings is 1. The van der Waals surface area contributed by atoms with Gasteiger partial charge in [0.05, 0.1) is 6.07 Å². The second-order valence-electron chi connectivity index (χ2n) is 4.43. The minimum atomic E-state index is -0.124. The first-order chi connectivity index (χ1) is 8.20. The van der Waals surface area contributed by atoms with Crippen LogP contribution in [0, 0.1) is 11.3 Å². The first kappa shape index (κ1) is 12.6. The summed E-state index contributed by atoms with van der Waals surface area (Å²) in [5.74, 6) is 0. The number of hydrogen-bond donors (Lipinski definition) is 0. The number of piperazine rings is 1. The summed E-state index contributed by atoms with van der Waals surface area (Å²) in [6.07, 6.45) is 0. The molecular weight excluding hydrogens is 278 g/mol. The Hall–Kier alpha value is -0.890. The van der Waals surface area contributed by atoms with Crippen LogP contribution in [0.3, 0.4) is 0 Å². The van der Waals surface area contributed by atoms with Crippen LogP contribution in [-0.4, -0.2) is 43.0 Å². The molecule has 1 heterocycles. The van der Waals surface area contributed by atoms with Gasteiger partial charge in [0.1, 0.15) is 6.04 Å². The molecule has 3 nitrogen and oxygen atoms in total. The van der Waals surface area contributed by atoms with Gasteiger partial charge in [0, 0.05) is 30.7 Å². The van der Waals surface area contributed by atoms with E-state index in [2.05, 4.69) is 38.8 Å². The van der Waals surface area contributed by atoms with Crippen LogP contribution >= 0.6 is 15.9 Å². The van der Waals surface area contributed by atoms with Crippen molar-refractivity contribution in [3.8, 4) is 6.07 Å². The molecule has 1 aromatic rings. The summed E-state index contributed by atoms with van der Waals surface area (Å²) >= 11 is 3.46. The van der Waals surface area contributed by atoms with Crippen LogP contribution < -0.4 is 0 Å². The Morgan fingerprint density at radius 2 is 2.00 bits per heavy atom. The van der Waals surface area contributed by atoms with Gasteiger partial charge in [0.25, 0.3) is 0 Å². The van der Waals surface area contributed by atoms with E-state index in [9.17, 15) is 5.26 Å². The van der Waals surface area contributed by atoms with Crippen molar-refractivity contribution in [2.75, 3.05) is 33.2 Å². The Balaban J connectivity index is 2.14. The molecule has 1 saturated heterocycles. The zero-order chi connectivity index (χ0) is 12.3. The third kappa shape index (κ3) is 3.06. The largest absolute Gasteiger partial charge is 0.304 e. The van der Waals surface area contributed by atoms with E-state index in [0.29, 0.717) is 0 Å². The van der Waals surface area contributed by atoms with E-state index in [-0.39, 0.29) is 6.04 Å². The van der Waals surface area contributed by atoms with E-state index in [1.54, 1.807) is 0 Å². The monoisotopic (exact) mass is 293 g/mol. The van der Waals surface area contributed by atoms with Gasteiger partial charge in [-0.1, -0.05) is 28.1 Å². The number of halogens is 1. The normalized spacial score (nSPS) is 19.8. The molecule has 0 spiro atoms. The maximum Gasteiger partial charge on any atom is 0.123 e. The molecule has 1 atom stereocenters. The van der Waals surface area contributed by atoms with E-state index in [4.69, 9.17) is 0 Å². The molecule has 1 fully saturated rings. The Morgan fingerprint density at radius 3 is 2.59 bits per heavy atom. The molecule has 17 heavy (non-hydrogen) atoms. The third-order valence-corrected chi connectivity index (χ3v) is 3.68. The lowest BCUT2D eigenvalue weighted by molar-refractivity contribution is 0.133. The highest BCUT2D eigenvalue weighted by molar-refractivity contribution is 9.10. The average molecular weight is 294 g/mol. The quantitative estimate of drug-likeness (QED) is 0.838. The molecule has 1 unspecified atom stereocenters. The van der Waals surface area contributed by atoms with Crippen LogP contribution in [0.25, 0.3) is 0 Å². The van der Waals surface area contributed by atoms with Gasteiger partial charge < -0.3 is 4.90 Å². The molecule has 90 valence electrons. The van der Waals surface area contributed by atoms with Crippen LogP contribution in [-0.2, 0) is 0 Å². The fraction of sp³-hybridized carbons (Fsp3) is 0.462. The number of rotatable bonds is 2.